The lowest BCUT2D eigenvalue weighted by atomic mass is 10.0. The smallest absolute Gasteiger partial charge is 0.166 e. The van der Waals surface area contributed by atoms with Crippen LogP contribution in [0.15, 0.2) is 73.2 Å². The van der Waals surface area contributed by atoms with E-state index in [9.17, 15) is 14.0 Å². The number of aromatic nitrogens is 3. The van der Waals surface area contributed by atoms with Crippen LogP contribution in [0.4, 0.5) is 4.39 Å². The maximum absolute atomic E-state index is 15.0. The van der Waals surface area contributed by atoms with Gasteiger partial charge in [-0.2, -0.15) is 0 Å². The van der Waals surface area contributed by atoms with E-state index >= 15 is 0 Å². The molecule has 38 heavy (non-hydrogen) atoms. The molecule has 192 valence electrons. The largest absolute Gasteiger partial charge is 0.453 e. The number of halogens is 1. The second kappa shape index (κ2) is 11.1. The van der Waals surface area contributed by atoms with Crippen LogP contribution < -0.4 is 4.74 Å². The maximum Gasteiger partial charge on any atom is 0.166 e. The normalized spacial score (nSPS) is 11.1. The average molecular weight is 528 g/mol. The van der Waals surface area contributed by atoms with Crippen LogP contribution in [0, 0.1) is 12.7 Å². The van der Waals surface area contributed by atoms with Crippen LogP contribution in [0.5, 0.6) is 11.5 Å². The van der Waals surface area contributed by atoms with Gasteiger partial charge in [0.15, 0.2) is 11.6 Å². The molecule has 0 fully saturated rings. The van der Waals surface area contributed by atoms with Crippen molar-refractivity contribution in [1.82, 2.24) is 14.5 Å². The van der Waals surface area contributed by atoms with Crippen molar-refractivity contribution in [3.8, 4) is 22.1 Å². The van der Waals surface area contributed by atoms with Crippen LogP contribution in [0.1, 0.15) is 30.2 Å². The molecule has 0 aliphatic heterocycles. The van der Waals surface area contributed by atoms with E-state index in [0.717, 1.165) is 38.6 Å². The van der Waals surface area contributed by atoms with E-state index in [1.54, 1.807) is 18.3 Å². The molecule has 0 saturated carbocycles. The van der Waals surface area contributed by atoms with Gasteiger partial charge in [-0.25, -0.2) is 9.37 Å². The molecule has 5 rings (SSSR count). The highest BCUT2D eigenvalue weighted by molar-refractivity contribution is 7.22. The first-order chi connectivity index (χ1) is 18.4. The Kier molecular flexibility index (Phi) is 7.42. The molecule has 0 saturated heterocycles. The van der Waals surface area contributed by atoms with Gasteiger partial charge in [-0.05, 0) is 43.2 Å². The van der Waals surface area contributed by atoms with Gasteiger partial charge < -0.3 is 9.30 Å². The van der Waals surface area contributed by atoms with Crippen molar-refractivity contribution in [1.29, 1.82) is 0 Å². The molecule has 0 N–H and O–H groups in total. The fourth-order valence-corrected chi connectivity index (χ4v) is 5.48. The van der Waals surface area contributed by atoms with Gasteiger partial charge in [-0.3, -0.25) is 14.6 Å². The molecular weight excluding hydrogens is 501 g/mol. The number of fused-ring (bicyclic) bond motifs is 1. The predicted octanol–water partition coefficient (Wildman–Crippen LogP) is 6.73. The Morgan fingerprint density at radius 1 is 0.947 bits per heavy atom. The van der Waals surface area contributed by atoms with Crippen LogP contribution in [0.25, 0.3) is 20.8 Å². The Labute approximate surface area is 223 Å². The third kappa shape index (κ3) is 5.55. The molecule has 0 spiro atoms. The molecule has 0 bridgehead atoms. The van der Waals surface area contributed by atoms with Crippen LogP contribution >= 0.6 is 11.3 Å². The van der Waals surface area contributed by atoms with Gasteiger partial charge in [0.25, 0.3) is 0 Å². The summed E-state index contributed by atoms with van der Waals surface area (Å²) in [6.45, 7) is 4.93. The molecule has 0 unspecified atom stereocenters. The van der Waals surface area contributed by atoms with Crippen molar-refractivity contribution in [2.24, 2.45) is 0 Å². The number of benzene rings is 2. The zero-order chi connectivity index (χ0) is 26.6. The fourth-order valence-electron chi connectivity index (χ4n) is 4.37. The second-order valence-electron chi connectivity index (χ2n) is 9.06. The molecule has 8 heteroatoms. The summed E-state index contributed by atoms with van der Waals surface area (Å²) in [6.07, 6.45) is 3.46. The lowest BCUT2D eigenvalue weighted by Crippen LogP contribution is -2.12. The van der Waals surface area contributed by atoms with Gasteiger partial charge in [-0.1, -0.05) is 36.4 Å². The number of hydrogen-bond donors (Lipinski definition) is 0. The van der Waals surface area contributed by atoms with E-state index < -0.39 is 5.82 Å². The number of imidazole rings is 1. The highest BCUT2D eigenvalue weighted by Crippen LogP contribution is 2.40. The summed E-state index contributed by atoms with van der Waals surface area (Å²) in [4.78, 5) is 34.6. The SMILES string of the molecule is CCn1cnc(-c2cc3nccc(Oc4ccc(CC(=O)CC(=O)Cc5ccccc5)cc4F)c3s2)c1C. The predicted molar refractivity (Wildman–Crippen MR) is 146 cm³/mol. The number of Topliss-reactive ketones (excluding diaryl/α,β-unsaturated/α-hetero) is 2. The minimum absolute atomic E-state index is 0.0186. The van der Waals surface area contributed by atoms with Gasteiger partial charge in [0.2, 0.25) is 0 Å². The molecule has 0 aliphatic rings. The van der Waals surface area contributed by atoms with Crippen molar-refractivity contribution < 1.29 is 18.7 Å². The Balaban J connectivity index is 1.28. The average Bonchev–Trinajstić information content (AvgIpc) is 3.49. The first-order valence-electron chi connectivity index (χ1n) is 12.4. The first-order valence-corrected chi connectivity index (χ1v) is 13.2. The standard InChI is InChI=1S/C30H26FN3O3S/c1-3-34-18-33-29(19(34)2)28-17-25-30(38-28)27(11-12-32-25)37-26-10-9-21(15-24(26)31)14-23(36)16-22(35)13-20-7-5-4-6-8-20/h4-12,15,17-18H,3,13-14,16H2,1-2H3. The minimum Gasteiger partial charge on any atom is -0.453 e. The van der Waals surface area contributed by atoms with E-state index in [1.807, 2.05) is 49.6 Å². The first kappa shape index (κ1) is 25.5. The molecule has 6 nitrogen and oxygen atoms in total. The Morgan fingerprint density at radius 2 is 1.71 bits per heavy atom. The van der Waals surface area contributed by atoms with Crippen LogP contribution in [-0.4, -0.2) is 26.1 Å². The Hall–Kier alpha value is -4.17. The van der Waals surface area contributed by atoms with E-state index in [2.05, 4.69) is 21.5 Å². The van der Waals surface area contributed by atoms with Crippen LogP contribution in [-0.2, 0) is 29.0 Å². The summed E-state index contributed by atoms with van der Waals surface area (Å²) in [5.74, 6) is -0.439. The van der Waals surface area contributed by atoms with E-state index in [4.69, 9.17) is 4.74 Å². The molecule has 2 aromatic carbocycles. The number of nitrogens with zero attached hydrogens (tertiary/aromatic N) is 3. The maximum atomic E-state index is 15.0. The Bertz CT molecular complexity index is 1620. The third-order valence-electron chi connectivity index (χ3n) is 6.31. The van der Waals surface area contributed by atoms with Crippen molar-refractivity contribution in [3.63, 3.8) is 0 Å². The number of carbonyl (C=O) groups is 2. The summed E-state index contributed by atoms with van der Waals surface area (Å²) in [7, 11) is 0. The van der Waals surface area contributed by atoms with Crippen molar-refractivity contribution in [3.05, 3.63) is 95.8 Å². The minimum atomic E-state index is -0.579. The highest BCUT2D eigenvalue weighted by Gasteiger charge is 2.17. The molecular formula is C30H26FN3O3S. The Morgan fingerprint density at radius 3 is 2.42 bits per heavy atom. The van der Waals surface area contributed by atoms with E-state index in [0.29, 0.717) is 11.3 Å². The van der Waals surface area contributed by atoms with Crippen LogP contribution in [0.3, 0.4) is 0 Å². The number of ether oxygens (including phenoxy) is 1. The number of ketones is 2. The number of rotatable bonds is 10. The summed E-state index contributed by atoms with van der Waals surface area (Å²) >= 11 is 1.50. The van der Waals surface area contributed by atoms with Crippen LogP contribution in [0.2, 0.25) is 0 Å². The van der Waals surface area contributed by atoms with Gasteiger partial charge >= 0.3 is 0 Å². The third-order valence-corrected chi connectivity index (χ3v) is 7.45. The zero-order valence-electron chi connectivity index (χ0n) is 21.1. The fraction of sp³-hybridized carbons (Fsp3) is 0.200. The van der Waals surface area contributed by atoms with Gasteiger partial charge in [0, 0.05) is 37.3 Å². The van der Waals surface area contributed by atoms with E-state index in [-0.39, 0.29) is 36.6 Å². The molecule has 0 radical (unpaired) electrons. The monoisotopic (exact) mass is 527 g/mol. The number of carbonyl (C=O) groups excluding carboxylic acids is 2. The van der Waals surface area contributed by atoms with Crippen molar-refractivity contribution >= 4 is 33.1 Å². The molecule has 0 atom stereocenters. The van der Waals surface area contributed by atoms with Crippen molar-refractivity contribution in [2.75, 3.05) is 0 Å². The molecule has 0 aliphatic carbocycles. The summed E-state index contributed by atoms with van der Waals surface area (Å²) < 4.78 is 23.8. The summed E-state index contributed by atoms with van der Waals surface area (Å²) in [5, 5.41) is 0. The lowest BCUT2D eigenvalue weighted by Gasteiger charge is -2.09. The molecule has 3 aromatic heterocycles. The lowest BCUT2D eigenvalue weighted by molar-refractivity contribution is -0.126. The quantitative estimate of drug-likeness (QED) is 0.188. The van der Waals surface area contributed by atoms with Gasteiger partial charge in [0.1, 0.15) is 23.0 Å². The summed E-state index contributed by atoms with van der Waals surface area (Å²) in [5.41, 5.74) is 4.07. The number of aryl methyl sites for hydroxylation is 1. The number of pyridine rings is 1. The molecule has 3 heterocycles. The summed E-state index contributed by atoms with van der Waals surface area (Å²) in [6, 6.07) is 17.4. The van der Waals surface area contributed by atoms with Crippen molar-refractivity contribution in [2.45, 2.75) is 39.7 Å². The highest BCUT2D eigenvalue weighted by atomic mass is 32.1. The topological polar surface area (TPSA) is 74.1 Å². The second-order valence-corrected chi connectivity index (χ2v) is 10.1. The van der Waals surface area contributed by atoms with Gasteiger partial charge in [-0.15, -0.1) is 11.3 Å². The molecule has 0 amide bonds. The molecule has 5 aromatic rings. The number of hydrogen-bond acceptors (Lipinski definition) is 6. The van der Waals surface area contributed by atoms with Gasteiger partial charge in [0.05, 0.1) is 27.8 Å². The number of thiophene rings is 1. The zero-order valence-corrected chi connectivity index (χ0v) is 21.9. The van der Waals surface area contributed by atoms with E-state index in [1.165, 1.54) is 23.5 Å².